The van der Waals surface area contributed by atoms with Gasteiger partial charge in [-0.25, -0.2) is 0 Å². The van der Waals surface area contributed by atoms with Crippen LogP contribution in [0.3, 0.4) is 0 Å². The van der Waals surface area contributed by atoms with Crippen LogP contribution < -0.4 is 9.80 Å². The number of hydrogen-bond acceptors (Lipinski definition) is 2. The van der Waals surface area contributed by atoms with E-state index in [0.29, 0.717) is 0 Å². The van der Waals surface area contributed by atoms with Gasteiger partial charge in [-0.3, -0.25) is 9.47 Å². The fraction of sp³-hybridized carbons (Fsp3) is 0.0645. The minimum absolute atomic E-state index is 0.945. The van der Waals surface area contributed by atoms with Crippen molar-refractivity contribution in [1.82, 2.24) is 4.57 Å². The normalized spacial score (nSPS) is 12.4. The summed E-state index contributed by atoms with van der Waals surface area (Å²) in [5, 5.41) is 3.71. The van der Waals surface area contributed by atoms with Crippen LogP contribution in [0.4, 0.5) is 34.3 Å². The zero-order chi connectivity index (χ0) is 43.7. The van der Waals surface area contributed by atoms with E-state index in [9.17, 15) is 0 Å². The molecule has 312 valence electrons. The van der Waals surface area contributed by atoms with Gasteiger partial charge in [0.2, 0.25) is 0 Å². The number of fused-ring (bicyclic) bond motifs is 2. The van der Waals surface area contributed by atoms with Gasteiger partial charge in [0.15, 0.2) is 0 Å². The van der Waals surface area contributed by atoms with Crippen LogP contribution in [0.15, 0.2) is 237 Å². The minimum Gasteiger partial charge on any atom is -0.310 e. The highest BCUT2D eigenvalue weighted by Gasteiger charge is 2.28. The summed E-state index contributed by atoms with van der Waals surface area (Å²) in [6, 6.07) is 79.4. The second-order valence-corrected chi connectivity index (χ2v) is 16.9. The Labute approximate surface area is 382 Å². The first-order chi connectivity index (χ1) is 32.1. The summed E-state index contributed by atoms with van der Waals surface area (Å²) in [6.07, 6.45) is 8.73. The topological polar surface area (TPSA) is 11.4 Å². The SMILES string of the molecule is Cc1ccccc1N(c1ccccc1)c1c(C)c2c(N(c3ccc(-c4ccc(-c5ccccc5)cc4)cc3)c3ccc(-c4cccc5ccccc45)cc3)cccc2n1C1=CC=CCC1. The smallest absolute Gasteiger partial charge is 0.126 e. The summed E-state index contributed by atoms with van der Waals surface area (Å²) in [4.78, 5) is 4.92. The second kappa shape index (κ2) is 17.2. The van der Waals surface area contributed by atoms with E-state index in [-0.39, 0.29) is 0 Å². The molecule has 0 fully saturated rings. The molecule has 0 radical (unpaired) electrons. The molecule has 9 aromatic carbocycles. The average Bonchev–Trinajstić information content (AvgIpc) is 3.67. The molecular weight excluding hydrogens is 787 g/mol. The van der Waals surface area contributed by atoms with Crippen molar-refractivity contribution in [2.24, 2.45) is 0 Å². The Morgan fingerprint density at radius 3 is 1.65 bits per heavy atom. The van der Waals surface area contributed by atoms with Crippen LogP contribution in [0.2, 0.25) is 0 Å². The lowest BCUT2D eigenvalue weighted by Crippen LogP contribution is -2.16. The number of anilines is 6. The predicted octanol–water partition coefficient (Wildman–Crippen LogP) is 17.5. The third-order valence-corrected chi connectivity index (χ3v) is 13.0. The van der Waals surface area contributed by atoms with E-state index in [1.165, 1.54) is 71.9 Å². The van der Waals surface area contributed by atoms with E-state index in [4.69, 9.17) is 0 Å². The molecule has 10 aromatic rings. The lowest BCUT2D eigenvalue weighted by Gasteiger charge is -2.30. The van der Waals surface area contributed by atoms with Gasteiger partial charge in [0.1, 0.15) is 5.82 Å². The van der Waals surface area contributed by atoms with Crippen LogP contribution in [0.5, 0.6) is 0 Å². The number of nitrogens with zero attached hydrogens (tertiary/aromatic N) is 3. The fourth-order valence-electron chi connectivity index (χ4n) is 9.76. The fourth-order valence-corrected chi connectivity index (χ4v) is 9.76. The maximum atomic E-state index is 2.53. The highest BCUT2D eigenvalue weighted by Crippen LogP contribution is 2.49. The molecule has 0 aliphatic heterocycles. The zero-order valence-electron chi connectivity index (χ0n) is 36.8. The summed E-state index contributed by atoms with van der Waals surface area (Å²) >= 11 is 0. The van der Waals surface area contributed by atoms with Crippen LogP contribution in [0.25, 0.3) is 60.8 Å². The average molecular weight is 836 g/mol. The van der Waals surface area contributed by atoms with Crippen molar-refractivity contribution < 1.29 is 0 Å². The lowest BCUT2D eigenvalue weighted by molar-refractivity contribution is 0.951. The summed E-state index contributed by atoms with van der Waals surface area (Å²) in [5.41, 5.74) is 17.7. The van der Waals surface area contributed by atoms with Gasteiger partial charge >= 0.3 is 0 Å². The first-order valence-corrected chi connectivity index (χ1v) is 22.7. The third kappa shape index (κ3) is 7.41. The van der Waals surface area contributed by atoms with Crippen molar-refractivity contribution in [3.05, 3.63) is 248 Å². The van der Waals surface area contributed by atoms with E-state index >= 15 is 0 Å². The van der Waals surface area contributed by atoms with Crippen LogP contribution in [-0.2, 0) is 0 Å². The van der Waals surface area contributed by atoms with Crippen molar-refractivity contribution in [3.8, 4) is 33.4 Å². The molecule has 3 nitrogen and oxygen atoms in total. The van der Waals surface area contributed by atoms with E-state index in [1.54, 1.807) is 0 Å². The Morgan fingerprint density at radius 2 is 0.969 bits per heavy atom. The van der Waals surface area contributed by atoms with E-state index < -0.39 is 0 Å². The molecule has 3 heteroatoms. The van der Waals surface area contributed by atoms with Gasteiger partial charge in [0, 0.05) is 33.7 Å². The van der Waals surface area contributed by atoms with Gasteiger partial charge in [0.25, 0.3) is 0 Å². The summed E-state index contributed by atoms with van der Waals surface area (Å²) in [5.74, 6) is 1.15. The van der Waals surface area contributed by atoms with E-state index in [1.807, 2.05) is 0 Å². The summed E-state index contributed by atoms with van der Waals surface area (Å²) in [7, 11) is 0. The molecule has 0 spiro atoms. The van der Waals surface area contributed by atoms with Crippen molar-refractivity contribution in [2.75, 3.05) is 9.80 Å². The second-order valence-electron chi connectivity index (χ2n) is 16.9. The predicted molar refractivity (Wildman–Crippen MR) is 277 cm³/mol. The number of para-hydroxylation sites is 2. The molecule has 1 heterocycles. The van der Waals surface area contributed by atoms with Crippen molar-refractivity contribution >= 4 is 61.6 Å². The van der Waals surface area contributed by atoms with Crippen LogP contribution >= 0.6 is 0 Å². The maximum Gasteiger partial charge on any atom is 0.126 e. The first kappa shape index (κ1) is 39.7. The van der Waals surface area contributed by atoms with E-state index in [2.05, 4.69) is 265 Å². The van der Waals surface area contributed by atoms with Gasteiger partial charge in [-0.15, -0.1) is 0 Å². The standard InChI is InChI=1S/C62H49N3/c1-44-18-12-15-29-58(44)64(52-23-8-4-9-24-52)62-45(2)61-59(30-17-31-60(61)65(62)53-25-10-5-11-26-53)63(55-42-38-51(39-43-55)57-28-16-22-50-21-13-14-27-56(50)57)54-40-36-49(37-41-54)48-34-32-47(33-35-48)46-19-6-3-7-20-46/h3-10,12-25,27-43H,11,26H2,1-2H3. The van der Waals surface area contributed by atoms with Crippen LogP contribution in [0.1, 0.15) is 24.0 Å². The number of rotatable bonds is 10. The highest BCUT2D eigenvalue weighted by atomic mass is 15.3. The number of allylic oxidation sites excluding steroid dienone is 4. The van der Waals surface area contributed by atoms with Crippen LogP contribution in [0, 0.1) is 13.8 Å². The van der Waals surface area contributed by atoms with Crippen LogP contribution in [-0.4, -0.2) is 4.57 Å². The number of benzene rings is 9. The molecule has 0 atom stereocenters. The molecule has 1 aliphatic carbocycles. The molecular formula is C62H49N3. The van der Waals surface area contributed by atoms with Crippen molar-refractivity contribution in [1.29, 1.82) is 0 Å². The van der Waals surface area contributed by atoms with Crippen molar-refractivity contribution in [2.45, 2.75) is 26.7 Å². The van der Waals surface area contributed by atoms with Gasteiger partial charge in [-0.05, 0) is 137 Å². The molecule has 0 N–H and O–H groups in total. The third-order valence-electron chi connectivity index (χ3n) is 13.0. The molecule has 0 saturated heterocycles. The number of aromatic nitrogens is 1. The van der Waals surface area contributed by atoms with Gasteiger partial charge < -0.3 is 4.90 Å². The quantitative estimate of drug-likeness (QED) is 0.136. The largest absolute Gasteiger partial charge is 0.310 e. The Kier molecular flexibility index (Phi) is 10.5. The molecule has 0 amide bonds. The Morgan fingerprint density at radius 1 is 0.431 bits per heavy atom. The summed E-state index contributed by atoms with van der Waals surface area (Å²) in [6.45, 7) is 4.53. The molecule has 65 heavy (non-hydrogen) atoms. The minimum atomic E-state index is 0.945. The number of aryl methyl sites for hydroxylation is 2. The Bertz CT molecular complexity index is 3350. The number of hydrogen-bond donors (Lipinski definition) is 0. The van der Waals surface area contributed by atoms with Gasteiger partial charge in [-0.1, -0.05) is 176 Å². The van der Waals surface area contributed by atoms with Gasteiger partial charge in [-0.2, -0.15) is 0 Å². The molecule has 11 rings (SSSR count). The summed E-state index contributed by atoms with van der Waals surface area (Å²) < 4.78 is 2.53. The molecule has 0 saturated carbocycles. The molecule has 0 bridgehead atoms. The Hall–Kier alpha value is -8.14. The first-order valence-electron chi connectivity index (χ1n) is 22.7. The molecule has 1 aliphatic rings. The van der Waals surface area contributed by atoms with Crippen molar-refractivity contribution in [3.63, 3.8) is 0 Å². The maximum absolute atomic E-state index is 2.53. The Balaban J connectivity index is 1.11. The lowest BCUT2D eigenvalue weighted by atomic mass is 9.98. The van der Waals surface area contributed by atoms with Gasteiger partial charge in [0.05, 0.1) is 16.9 Å². The molecule has 1 aromatic heterocycles. The monoisotopic (exact) mass is 835 g/mol. The van der Waals surface area contributed by atoms with E-state index in [0.717, 1.165) is 47.1 Å². The highest BCUT2D eigenvalue weighted by molar-refractivity contribution is 6.06. The molecule has 0 unspecified atom stereocenters. The zero-order valence-corrected chi connectivity index (χ0v) is 36.8.